The number of oxazole rings is 1. The third kappa shape index (κ3) is 5.29. The molecule has 7 heteroatoms. The molecule has 0 unspecified atom stereocenters. The summed E-state index contributed by atoms with van der Waals surface area (Å²) in [6.07, 6.45) is 9.00. The van der Waals surface area contributed by atoms with Gasteiger partial charge < -0.3 is 9.73 Å². The van der Waals surface area contributed by atoms with Crippen LogP contribution in [0.5, 0.6) is 0 Å². The second-order valence-electron chi connectivity index (χ2n) is 7.26. The van der Waals surface area contributed by atoms with Crippen LogP contribution in [0.1, 0.15) is 47.2 Å². The standard InChI is InChI=1S/C22H24FN3O2S/c23-16-9-7-15(8-10-16)18-14-25-21(28-18)12-11-20(27)24-13-3-6-22-26-17-4-1-2-5-19(17)29-22/h7-10,14H,1-6,11-13H2,(H,24,27). The second-order valence-corrected chi connectivity index (χ2v) is 8.43. The summed E-state index contributed by atoms with van der Waals surface area (Å²) in [7, 11) is 0. The number of fused-ring (bicyclic) bond motifs is 1. The van der Waals surface area contributed by atoms with Crippen LogP contribution in [0.15, 0.2) is 34.9 Å². The number of rotatable bonds is 8. The molecule has 0 saturated heterocycles. The van der Waals surface area contributed by atoms with Crippen molar-refractivity contribution in [3.05, 3.63) is 57.7 Å². The normalized spacial score (nSPS) is 13.3. The minimum Gasteiger partial charge on any atom is -0.441 e. The first kappa shape index (κ1) is 19.8. The number of benzene rings is 1. The summed E-state index contributed by atoms with van der Waals surface area (Å²) in [5.41, 5.74) is 2.06. The highest BCUT2D eigenvalue weighted by Gasteiger charge is 2.15. The third-order valence-electron chi connectivity index (χ3n) is 5.03. The number of hydrogen-bond donors (Lipinski definition) is 1. The van der Waals surface area contributed by atoms with Crippen LogP contribution >= 0.6 is 11.3 Å². The maximum absolute atomic E-state index is 13.0. The summed E-state index contributed by atoms with van der Waals surface area (Å²) >= 11 is 1.84. The van der Waals surface area contributed by atoms with Crippen molar-refractivity contribution in [2.75, 3.05) is 6.54 Å². The van der Waals surface area contributed by atoms with Crippen molar-refractivity contribution in [1.29, 1.82) is 0 Å². The van der Waals surface area contributed by atoms with Crippen LogP contribution in [-0.2, 0) is 30.5 Å². The lowest BCUT2D eigenvalue weighted by Crippen LogP contribution is -2.25. The van der Waals surface area contributed by atoms with Gasteiger partial charge in [-0.05, 0) is 56.4 Å². The van der Waals surface area contributed by atoms with Crippen LogP contribution in [0.25, 0.3) is 11.3 Å². The number of aromatic nitrogens is 2. The first-order valence-electron chi connectivity index (χ1n) is 10.1. The minimum atomic E-state index is -0.292. The summed E-state index contributed by atoms with van der Waals surface area (Å²) in [4.78, 5) is 22.5. The summed E-state index contributed by atoms with van der Waals surface area (Å²) in [6.45, 7) is 0.648. The van der Waals surface area contributed by atoms with E-state index in [0.29, 0.717) is 31.0 Å². The topological polar surface area (TPSA) is 68.0 Å². The smallest absolute Gasteiger partial charge is 0.220 e. The van der Waals surface area contributed by atoms with Crippen molar-refractivity contribution < 1.29 is 13.6 Å². The number of amides is 1. The van der Waals surface area contributed by atoms with E-state index in [4.69, 9.17) is 9.40 Å². The van der Waals surface area contributed by atoms with E-state index in [-0.39, 0.29) is 11.7 Å². The molecular weight excluding hydrogens is 389 g/mol. The summed E-state index contributed by atoms with van der Waals surface area (Å²) in [5, 5.41) is 4.15. The Bertz CT molecular complexity index is 941. The van der Waals surface area contributed by atoms with E-state index in [1.807, 2.05) is 11.3 Å². The molecule has 4 rings (SSSR count). The Morgan fingerprint density at radius 2 is 2.00 bits per heavy atom. The zero-order chi connectivity index (χ0) is 20.1. The average Bonchev–Trinajstić information content (AvgIpc) is 3.37. The van der Waals surface area contributed by atoms with E-state index < -0.39 is 0 Å². The van der Waals surface area contributed by atoms with E-state index in [1.165, 1.54) is 47.0 Å². The predicted molar refractivity (Wildman–Crippen MR) is 110 cm³/mol. The van der Waals surface area contributed by atoms with E-state index in [0.717, 1.165) is 24.8 Å². The van der Waals surface area contributed by atoms with Crippen molar-refractivity contribution in [2.24, 2.45) is 0 Å². The molecule has 29 heavy (non-hydrogen) atoms. The molecule has 0 aliphatic heterocycles. The molecule has 2 heterocycles. The molecule has 0 fully saturated rings. The molecule has 152 valence electrons. The Labute approximate surface area is 173 Å². The van der Waals surface area contributed by atoms with Crippen LogP contribution in [-0.4, -0.2) is 22.4 Å². The number of halogens is 1. The molecule has 0 saturated carbocycles. The number of thiazole rings is 1. The van der Waals surface area contributed by atoms with Crippen LogP contribution in [0.2, 0.25) is 0 Å². The highest BCUT2D eigenvalue weighted by atomic mass is 32.1. The van der Waals surface area contributed by atoms with Crippen LogP contribution in [0.3, 0.4) is 0 Å². The Morgan fingerprint density at radius 1 is 1.17 bits per heavy atom. The fourth-order valence-corrected chi connectivity index (χ4v) is 4.66. The zero-order valence-electron chi connectivity index (χ0n) is 16.2. The van der Waals surface area contributed by atoms with Crippen molar-refractivity contribution in [1.82, 2.24) is 15.3 Å². The van der Waals surface area contributed by atoms with Gasteiger partial charge in [-0.1, -0.05) is 0 Å². The van der Waals surface area contributed by atoms with Crippen LogP contribution < -0.4 is 5.32 Å². The van der Waals surface area contributed by atoms with Gasteiger partial charge in [0.2, 0.25) is 5.91 Å². The Morgan fingerprint density at radius 3 is 2.83 bits per heavy atom. The number of hydrogen-bond acceptors (Lipinski definition) is 5. The van der Waals surface area contributed by atoms with E-state index in [1.54, 1.807) is 18.3 Å². The van der Waals surface area contributed by atoms with E-state index >= 15 is 0 Å². The van der Waals surface area contributed by atoms with Gasteiger partial charge in [-0.25, -0.2) is 14.4 Å². The number of nitrogens with zero attached hydrogens (tertiary/aromatic N) is 2. The molecule has 0 spiro atoms. The lowest BCUT2D eigenvalue weighted by molar-refractivity contribution is -0.121. The number of carbonyl (C=O) groups excluding carboxylic acids is 1. The molecule has 2 aromatic heterocycles. The first-order chi connectivity index (χ1) is 14.2. The van der Waals surface area contributed by atoms with Gasteiger partial charge in [0.25, 0.3) is 0 Å². The number of carbonyl (C=O) groups is 1. The number of aryl methyl sites for hydroxylation is 4. The summed E-state index contributed by atoms with van der Waals surface area (Å²) < 4.78 is 18.7. The molecule has 3 aromatic rings. The summed E-state index contributed by atoms with van der Waals surface area (Å²) in [5.74, 6) is 0.781. The lowest BCUT2D eigenvalue weighted by atomic mass is 10.0. The molecule has 1 aliphatic rings. The monoisotopic (exact) mass is 413 g/mol. The predicted octanol–water partition coefficient (Wildman–Crippen LogP) is 4.50. The van der Waals surface area contributed by atoms with E-state index in [2.05, 4.69) is 10.3 Å². The Hall–Kier alpha value is -2.54. The molecular formula is C22H24FN3O2S. The highest BCUT2D eigenvalue weighted by molar-refractivity contribution is 7.11. The highest BCUT2D eigenvalue weighted by Crippen LogP contribution is 2.27. The van der Waals surface area contributed by atoms with Gasteiger partial charge in [-0.3, -0.25) is 4.79 Å². The fraction of sp³-hybridized carbons (Fsp3) is 0.409. The van der Waals surface area contributed by atoms with Gasteiger partial charge in [0, 0.05) is 36.2 Å². The third-order valence-corrected chi connectivity index (χ3v) is 6.24. The largest absolute Gasteiger partial charge is 0.441 e. The Kier molecular flexibility index (Phi) is 6.34. The van der Waals surface area contributed by atoms with Crippen molar-refractivity contribution >= 4 is 17.2 Å². The first-order valence-corrected chi connectivity index (χ1v) is 10.9. The molecule has 1 amide bonds. The summed E-state index contributed by atoms with van der Waals surface area (Å²) in [6, 6.07) is 6.05. The van der Waals surface area contributed by atoms with Crippen molar-refractivity contribution in [3.63, 3.8) is 0 Å². The van der Waals surface area contributed by atoms with Gasteiger partial charge in [0.15, 0.2) is 11.7 Å². The SMILES string of the molecule is O=C(CCc1ncc(-c2ccc(F)cc2)o1)NCCCc1nc2c(s1)CCCC2. The maximum Gasteiger partial charge on any atom is 0.220 e. The van der Waals surface area contributed by atoms with Gasteiger partial charge >= 0.3 is 0 Å². The van der Waals surface area contributed by atoms with Crippen LogP contribution in [0.4, 0.5) is 4.39 Å². The minimum absolute atomic E-state index is 0.00929. The van der Waals surface area contributed by atoms with Gasteiger partial charge in [-0.15, -0.1) is 11.3 Å². The average molecular weight is 414 g/mol. The molecule has 1 aliphatic carbocycles. The van der Waals surface area contributed by atoms with Gasteiger partial charge in [0.1, 0.15) is 5.82 Å². The Balaban J connectivity index is 1.17. The lowest BCUT2D eigenvalue weighted by Gasteiger charge is -2.06. The molecule has 5 nitrogen and oxygen atoms in total. The maximum atomic E-state index is 13.0. The van der Waals surface area contributed by atoms with Crippen molar-refractivity contribution in [3.8, 4) is 11.3 Å². The fourth-order valence-electron chi connectivity index (χ4n) is 3.46. The van der Waals surface area contributed by atoms with Crippen LogP contribution in [0, 0.1) is 5.82 Å². The number of nitrogens with one attached hydrogen (secondary N) is 1. The molecule has 0 bridgehead atoms. The molecule has 0 radical (unpaired) electrons. The van der Waals surface area contributed by atoms with Gasteiger partial charge in [-0.2, -0.15) is 0 Å². The van der Waals surface area contributed by atoms with Crippen molar-refractivity contribution in [2.45, 2.75) is 51.4 Å². The molecule has 0 atom stereocenters. The molecule has 1 aromatic carbocycles. The molecule has 1 N–H and O–H groups in total. The van der Waals surface area contributed by atoms with E-state index in [9.17, 15) is 9.18 Å². The quantitative estimate of drug-likeness (QED) is 0.552. The van der Waals surface area contributed by atoms with Gasteiger partial charge in [0.05, 0.1) is 16.9 Å². The zero-order valence-corrected chi connectivity index (χ0v) is 17.1. The second kappa shape index (κ2) is 9.31.